The molecule has 4 nitrogen and oxygen atoms in total. The van der Waals surface area contributed by atoms with Gasteiger partial charge in [0, 0.05) is 25.0 Å². The van der Waals surface area contributed by atoms with Crippen LogP contribution < -0.4 is 4.72 Å². The Balaban J connectivity index is 1.89. The third-order valence-corrected chi connectivity index (χ3v) is 4.61. The third kappa shape index (κ3) is 4.03. The van der Waals surface area contributed by atoms with Gasteiger partial charge in [-0.25, -0.2) is 13.1 Å². The molecule has 1 aliphatic rings. The molecule has 2 rings (SSSR count). The summed E-state index contributed by atoms with van der Waals surface area (Å²) < 4.78 is 24.6. The smallest absolute Gasteiger partial charge is 0.208 e. The van der Waals surface area contributed by atoms with Crippen molar-refractivity contribution in [1.82, 2.24) is 9.62 Å². The van der Waals surface area contributed by atoms with Crippen LogP contribution in [-0.4, -0.2) is 45.2 Å². The zero-order valence-corrected chi connectivity index (χ0v) is 12.4. The first-order valence-electron chi connectivity index (χ1n) is 6.71. The van der Waals surface area contributed by atoms with E-state index < -0.39 is 10.0 Å². The Labute approximate surface area is 115 Å². The van der Waals surface area contributed by atoms with Gasteiger partial charge in [0.1, 0.15) is 0 Å². The average Bonchev–Trinajstić information content (AvgIpc) is 2.71. The molecule has 0 radical (unpaired) electrons. The predicted molar refractivity (Wildman–Crippen MR) is 77.7 cm³/mol. The number of nitrogens with one attached hydrogen (secondary N) is 1. The van der Waals surface area contributed by atoms with Crippen molar-refractivity contribution in [1.29, 1.82) is 0 Å². The summed E-state index contributed by atoms with van der Waals surface area (Å²) in [5, 5.41) is 0. The molecule has 5 heteroatoms. The number of nitrogens with zero attached hydrogens (tertiary/aromatic N) is 1. The van der Waals surface area contributed by atoms with Crippen LogP contribution in [0.15, 0.2) is 30.3 Å². The number of rotatable bonds is 5. The molecule has 0 unspecified atom stereocenters. The minimum absolute atomic E-state index is 0.462. The molecule has 1 fully saturated rings. The molecule has 2 atom stereocenters. The molecule has 1 aliphatic heterocycles. The zero-order valence-electron chi connectivity index (χ0n) is 11.5. The Morgan fingerprint density at radius 1 is 1.32 bits per heavy atom. The number of hydrogen-bond donors (Lipinski definition) is 1. The molecule has 106 valence electrons. The maximum atomic E-state index is 11.0. The average molecular weight is 282 g/mol. The lowest BCUT2D eigenvalue weighted by Crippen LogP contribution is -2.37. The van der Waals surface area contributed by atoms with Gasteiger partial charge in [-0.05, 0) is 25.5 Å². The molecule has 1 aromatic rings. The van der Waals surface area contributed by atoms with Crippen molar-refractivity contribution in [3.63, 3.8) is 0 Å². The van der Waals surface area contributed by atoms with Gasteiger partial charge >= 0.3 is 0 Å². The predicted octanol–water partition coefficient (Wildman–Crippen LogP) is 1.41. The molecule has 0 spiro atoms. The molecule has 19 heavy (non-hydrogen) atoms. The summed E-state index contributed by atoms with van der Waals surface area (Å²) in [6.45, 7) is 4.53. The van der Waals surface area contributed by atoms with Crippen molar-refractivity contribution >= 4 is 10.0 Å². The van der Waals surface area contributed by atoms with E-state index in [1.165, 1.54) is 11.8 Å². The highest BCUT2D eigenvalue weighted by atomic mass is 32.2. The maximum absolute atomic E-state index is 11.0. The lowest BCUT2D eigenvalue weighted by Gasteiger charge is -2.24. The van der Waals surface area contributed by atoms with E-state index in [1.54, 1.807) is 0 Å². The SMILES string of the molecule is C[C@@H]1[C@H](c2ccccc2)CCN1CCNS(C)(=O)=O. The molecule has 1 saturated heterocycles. The highest BCUT2D eigenvalue weighted by molar-refractivity contribution is 7.88. The Kier molecular flexibility index (Phi) is 4.60. The normalized spacial score (nSPS) is 24.7. The van der Waals surface area contributed by atoms with E-state index in [2.05, 4.69) is 40.8 Å². The third-order valence-electron chi connectivity index (χ3n) is 3.88. The van der Waals surface area contributed by atoms with Gasteiger partial charge in [0.05, 0.1) is 6.26 Å². The van der Waals surface area contributed by atoms with E-state index in [4.69, 9.17) is 0 Å². The molecule has 1 heterocycles. The fraction of sp³-hybridized carbons (Fsp3) is 0.571. The number of benzene rings is 1. The molecular formula is C14H22N2O2S. The van der Waals surface area contributed by atoms with Crippen LogP contribution in [0, 0.1) is 0 Å². The quantitative estimate of drug-likeness (QED) is 0.888. The fourth-order valence-electron chi connectivity index (χ4n) is 2.84. The number of hydrogen-bond acceptors (Lipinski definition) is 3. The second-order valence-electron chi connectivity index (χ2n) is 5.25. The van der Waals surface area contributed by atoms with E-state index in [-0.39, 0.29) is 0 Å². The largest absolute Gasteiger partial charge is 0.299 e. The lowest BCUT2D eigenvalue weighted by molar-refractivity contribution is 0.264. The molecule has 1 aromatic carbocycles. The standard InChI is InChI=1S/C14H22N2O2S/c1-12-14(13-6-4-3-5-7-13)8-10-16(12)11-9-15-19(2,17)18/h3-7,12,14-15H,8-11H2,1-2H3/t12-,14-/m1/s1. The van der Waals surface area contributed by atoms with Crippen molar-refractivity contribution in [2.24, 2.45) is 0 Å². The first-order valence-corrected chi connectivity index (χ1v) is 8.60. The second kappa shape index (κ2) is 6.03. The number of likely N-dealkylation sites (tertiary alicyclic amines) is 1. The Morgan fingerprint density at radius 2 is 2.00 bits per heavy atom. The van der Waals surface area contributed by atoms with Gasteiger partial charge in [0.15, 0.2) is 0 Å². The molecule has 0 amide bonds. The van der Waals surface area contributed by atoms with Crippen LogP contribution in [0.5, 0.6) is 0 Å². The summed E-state index contributed by atoms with van der Waals surface area (Å²) in [4.78, 5) is 2.36. The fourth-order valence-corrected chi connectivity index (χ4v) is 3.30. The van der Waals surface area contributed by atoms with E-state index in [0.29, 0.717) is 18.5 Å². The minimum atomic E-state index is -3.08. The summed E-state index contributed by atoms with van der Waals surface area (Å²) in [7, 11) is -3.08. The minimum Gasteiger partial charge on any atom is -0.299 e. The van der Waals surface area contributed by atoms with Crippen molar-refractivity contribution in [3.05, 3.63) is 35.9 Å². The van der Waals surface area contributed by atoms with Gasteiger partial charge in [-0.1, -0.05) is 30.3 Å². The van der Waals surface area contributed by atoms with Crippen LogP contribution in [0.2, 0.25) is 0 Å². The van der Waals surface area contributed by atoms with Crippen LogP contribution in [-0.2, 0) is 10.0 Å². The summed E-state index contributed by atoms with van der Waals surface area (Å²) in [6.07, 6.45) is 2.34. The van der Waals surface area contributed by atoms with Crippen LogP contribution in [0.25, 0.3) is 0 Å². The first kappa shape index (κ1) is 14.5. The molecular weight excluding hydrogens is 260 g/mol. The van der Waals surface area contributed by atoms with Crippen molar-refractivity contribution in [3.8, 4) is 0 Å². The lowest BCUT2D eigenvalue weighted by atomic mass is 9.93. The van der Waals surface area contributed by atoms with Gasteiger partial charge in [-0.2, -0.15) is 0 Å². The Hall–Kier alpha value is -0.910. The van der Waals surface area contributed by atoms with Crippen LogP contribution in [0.1, 0.15) is 24.8 Å². The molecule has 0 bridgehead atoms. The van der Waals surface area contributed by atoms with E-state index in [0.717, 1.165) is 19.5 Å². The van der Waals surface area contributed by atoms with Gasteiger partial charge in [-0.15, -0.1) is 0 Å². The van der Waals surface area contributed by atoms with Crippen molar-refractivity contribution in [2.75, 3.05) is 25.9 Å². The van der Waals surface area contributed by atoms with E-state index in [1.807, 2.05) is 6.07 Å². The molecule has 0 saturated carbocycles. The van der Waals surface area contributed by atoms with Crippen LogP contribution in [0.4, 0.5) is 0 Å². The molecule has 0 aliphatic carbocycles. The van der Waals surface area contributed by atoms with Gasteiger partial charge in [-0.3, -0.25) is 4.90 Å². The van der Waals surface area contributed by atoms with Crippen molar-refractivity contribution in [2.45, 2.75) is 25.3 Å². The van der Waals surface area contributed by atoms with Gasteiger partial charge in [0.25, 0.3) is 0 Å². The zero-order chi connectivity index (χ0) is 13.9. The number of sulfonamides is 1. The molecule has 0 aromatic heterocycles. The summed E-state index contributed by atoms with van der Waals surface area (Å²) in [6, 6.07) is 11.0. The highest BCUT2D eigenvalue weighted by Gasteiger charge is 2.31. The van der Waals surface area contributed by atoms with Gasteiger partial charge in [0.2, 0.25) is 10.0 Å². The highest BCUT2D eigenvalue weighted by Crippen LogP contribution is 2.32. The van der Waals surface area contributed by atoms with E-state index >= 15 is 0 Å². The summed E-state index contributed by atoms with van der Waals surface area (Å²) >= 11 is 0. The first-order chi connectivity index (χ1) is 8.97. The van der Waals surface area contributed by atoms with Crippen LogP contribution >= 0.6 is 0 Å². The Bertz CT molecular complexity index is 501. The van der Waals surface area contributed by atoms with E-state index in [9.17, 15) is 8.42 Å². The maximum Gasteiger partial charge on any atom is 0.208 e. The van der Waals surface area contributed by atoms with Crippen molar-refractivity contribution < 1.29 is 8.42 Å². The van der Waals surface area contributed by atoms with Gasteiger partial charge < -0.3 is 0 Å². The second-order valence-corrected chi connectivity index (χ2v) is 7.08. The summed E-state index contributed by atoms with van der Waals surface area (Å²) in [5.41, 5.74) is 1.38. The topological polar surface area (TPSA) is 49.4 Å². The van der Waals surface area contributed by atoms with Crippen LogP contribution in [0.3, 0.4) is 0 Å². The Morgan fingerprint density at radius 3 is 2.63 bits per heavy atom. The monoisotopic (exact) mass is 282 g/mol. The summed E-state index contributed by atoms with van der Waals surface area (Å²) in [5.74, 6) is 0.555. The molecule has 1 N–H and O–H groups in total.